The minimum Gasteiger partial charge on any atom is -0.396 e. The smallest absolute Gasteiger partial charge is 0.243 e. The SMILES string of the molecule is CN1CCN(S(=O)(=O)c2ccc3nc[nH]c3c2)CC1CCO. The van der Waals surface area contributed by atoms with Gasteiger partial charge in [0.2, 0.25) is 10.0 Å². The molecular formula is C14H20N4O3S. The molecule has 0 radical (unpaired) electrons. The van der Waals surface area contributed by atoms with Crippen molar-refractivity contribution in [2.24, 2.45) is 0 Å². The third-order valence-corrected chi connectivity index (χ3v) is 6.09. The molecule has 0 spiro atoms. The first-order valence-electron chi connectivity index (χ1n) is 7.27. The molecule has 2 aromatic rings. The van der Waals surface area contributed by atoms with Crippen molar-refractivity contribution in [2.45, 2.75) is 17.4 Å². The van der Waals surface area contributed by atoms with Crippen molar-refractivity contribution in [1.82, 2.24) is 19.2 Å². The molecule has 22 heavy (non-hydrogen) atoms. The van der Waals surface area contributed by atoms with Gasteiger partial charge in [0, 0.05) is 32.3 Å². The van der Waals surface area contributed by atoms with Crippen molar-refractivity contribution >= 4 is 21.1 Å². The van der Waals surface area contributed by atoms with Crippen molar-refractivity contribution in [3.05, 3.63) is 24.5 Å². The van der Waals surface area contributed by atoms with Gasteiger partial charge < -0.3 is 15.0 Å². The van der Waals surface area contributed by atoms with Crippen LogP contribution < -0.4 is 0 Å². The summed E-state index contributed by atoms with van der Waals surface area (Å²) in [6.45, 7) is 1.58. The summed E-state index contributed by atoms with van der Waals surface area (Å²) >= 11 is 0. The molecular weight excluding hydrogens is 304 g/mol. The van der Waals surface area contributed by atoms with Crippen LogP contribution in [0.25, 0.3) is 11.0 Å². The van der Waals surface area contributed by atoms with Gasteiger partial charge in [0.25, 0.3) is 0 Å². The Morgan fingerprint density at radius 2 is 2.23 bits per heavy atom. The molecule has 120 valence electrons. The third kappa shape index (κ3) is 2.74. The number of hydrogen-bond donors (Lipinski definition) is 2. The normalized spacial score (nSPS) is 21.5. The van der Waals surface area contributed by atoms with Crippen LogP contribution in [0.4, 0.5) is 0 Å². The molecule has 1 aliphatic heterocycles. The van der Waals surface area contributed by atoms with Gasteiger partial charge in [-0.3, -0.25) is 0 Å². The lowest BCUT2D eigenvalue weighted by Crippen LogP contribution is -2.53. The molecule has 1 aromatic carbocycles. The number of aromatic amines is 1. The van der Waals surface area contributed by atoms with Crippen molar-refractivity contribution in [3.8, 4) is 0 Å². The number of sulfonamides is 1. The first-order valence-corrected chi connectivity index (χ1v) is 8.71. The minimum absolute atomic E-state index is 0.0458. The van der Waals surface area contributed by atoms with E-state index in [-0.39, 0.29) is 17.5 Å². The number of fused-ring (bicyclic) bond motifs is 1. The van der Waals surface area contributed by atoms with E-state index in [9.17, 15) is 8.42 Å². The molecule has 1 aliphatic rings. The second-order valence-corrected chi connectivity index (χ2v) is 7.53. The molecule has 2 heterocycles. The number of hydrogen-bond acceptors (Lipinski definition) is 5. The summed E-state index contributed by atoms with van der Waals surface area (Å²) in [6.07, 6.45) is 2.12. The van der Waals surface area contributed by atoms with E-state index >= 15 is 0 Å². The minimum atomic E-state index is -3.53. The van der Waals surface area contributed by atoms with Crippen LogP contribution in [0.5, 0.6) is 0 Å². The van der Waals surface area contributed by atoms with E-state index in [0.717, 1.165) is 5.52 Å². The second-order valence-electron chi connectivity index (χ2n) is 5.59. The lowest BCUT2D eigenvalue weighted by molar-refractivity contribution is 0.120. The van der Waals surface area contributed by atoms with E-state index in [2.05, 4.69) is 14.9 Å². The molecule has 0 bridgehead atoms. The van der Waals surface area contributed by atoms with Gasteiger partial charge in [-0.05, 0) is 31.7 Å². The van der Waals surface area contributed by atoms with Crippen LogP contribution in [-0.4, -0.2) is 72.0 Å². The van der Waals surface area contributed by atoms with E-state index in [4.69, 9.17) is 5.11 Å². The summed E-state index contributed by atoms with van der Waals surface area (Å²) in [5.41, 5.74) is 1.46. The summed E-state index contributed by atoms with van der Waals surface area (Å²) in [6, 6.07) is 4.97. The Morgan fingerprint density at radius 1 is 1.41 bits per heavy atom. The van der Waals surface area contributed by atoms with Crippen LogP contribution in [0.3, 0.4) is 0 Å². The number of aliphatic hydroxyl groups is 1. The molecule has 7 nitrogen and oxygen atoms in total. The Hall–Kier alpha value is -1.48. The van der Waals surface area contributed by atoms with E-state index < -0.39 is 10.0 Å². The number of nitrogens with one attached hydrogen (secondary N) is 1. The number of nitrogens with zero attached hydrogens (tertiary/aromatic N) is 3. The molecule has 0 aliphatic carbocycles. The van der Waals surface area contributed by atoms with E-state index in [1.165, 1.54) is 4.31 Å². The lowest BCUT2D eigenvalue weighted by atomic mass is 10.1. The summed E-state index contributed by atoms with van der Waals surface area (Å²) in [5.74, 6) is 0. The first-order chi connectivity index (χ1) is 10.5. The number of imidazole rings is 1. The first kappa shape index (κ1) is 15.4. The van der Waals surface area contributed by atoms with Crippen LogP contribution in [0.15, 0.2) is 29.4 Å². The highest BCUT2D eigenvalue weighted by atomic mass is 32.2. The molecule has 1 aromatic heterocycles. The highest BCUT2D eigenvalue weighted by molar-refractivity contribution is 7.89. The molecule has 2 N–H and O–H groups in total. The van der Waals surface area contributed by atoms with Gasteiger partial charge in [0.1, 0.15) is 0 Å². The van der Waals surface area contributed by atoms with Gasteiger partial charge >= 0.3 is 0 Å². The Kier molecular flexibility index (Phi) is 4.18. The molecule has 1 saturated heterocycles. The van der Waals surface area contributed by atoms with Gasteiger partial charge in [-0.25, -0.2) is 13.4 Å². The maximum atomic E-state index is 12.8. The maximum Gasteiger partial charge on any atom is 0.243 e. The van der Waals surface area contributed by atoms with Gasteiger partial charge in [0.05, 0.1) is 22.3 Å². The molecule has 1 unspecified atom stereocenters. The Bertz CT molecular complexity index is 758. The molecule has 3 rings (SSSR count). The Morgan fingerprint density at radius 3 is 3.00 bits per heavy atom. The second kappa shape index (κ2) is 5.96. The third-order valence-electron chi connectivity index (χ3n) is 4.23. The fraction of sp³-hybridized carbons (Fsp3) is 0.500. The van der Waals surface area contributed by atoms with Gasteiger partial charge in [-0.15, -0.1) is 0 Å². The Labute approximate surface area is 129 Å². The van der Waals surface area contributed by atoms with Crippen LogP contribution in [0, 0.1) is 0 Å². The number of piperazine rings is 1. The summed E-state index contributed by atoms with van der Waals surface area (Å²) in [5, 5.41) is 9.13. The van der Waals surface area contributed by atoms with E-state index in [1.807, 2.05) is 7.05 Å². The van der Waals surface area contributed by atoms with Crippen molar-refractivity contribution in [2.75, 3.05) is 33.3 Å². The van der Waals surface area contributed by atoms with Crippen LogP contribution in [0.2, 0.25) is 0 Å². The quantitative estimate of drug-likeness (QED) is 0.841. The largest absolute Gasteiger partial charge is 0.396 e. The number of aliphatic hydroxyl groups excluding tert-OH is 1. The van der Waals surface area contributed by atoms with Gasteiger partial charge in [-0.2, -0.15) is 4.31 Å². The molecule has 1 atom stereocenters. The molecule has 0 saturated carbocycles. The predicted octanol–water partition coefficient (Wildman–Crippen LogP) is 0.250. The number of rotatable bonds is 4. The predicted molar refractivity (Wildman–Crippen MR) is 83.0 cm³/mol. The lowest BCUT2D eigenvalue weighted by Gasteiger charge is -2.38. The average molecular weight is 324 g/mol. The number of likely N-dealkylation sites (N-methyl/N-ethyl adjacent to an activating group) is 1. The highest BCUT2D eigenvalue weighted by Crippen LogP contribution is 2.23. The molecule has 8 heteroatoms. The standard InChI is InChI=1S/C14H20N4O3S/c1-17-5-6-18(9-11(17)4-7-19)22(20,21)12-2-3-13-14(8-12)16-10-15-13/h2-3,8,10-11,19H,4-7,9H2,1H3,(H,15,16). The fourth-order valence-electron chi connectivity index (χ4n) is 2.82. The fourth-order valence-corrected chi connectivity index (χ4v) is 4.32. The van der Waals surface area contributed by atoms with E-state index in [0.29, 0.717) is 31.6 Å². The van der Waals surface area contributed by atoms with Crippen LogP contribution in [0.1, 0.15) is 6.42 Å². The van der Waals surface area contributed by atoms with Gasteiger partial charge in [0.15, 0.2) is 0 Å². The summed E-state index contributed by atoms with van der Waals surface area (Å²) in [4.78, 5) is 9.41. The zero-order valence-corrected chi connectivity index (χ0v) is 13.3. The summed E-state index contributed by atoms with van der Waals surface area (Å²) < 4.78 is 27.1. The highest BCUT2D eigenvalue weighted by Gasteiger charge is 2.32. The van der Waals surface area contributed by atoms with Crippen LogP contribution >= 0.6 is 0 Å². The number of H-pyrrole nitrogens is 1. The van der Waals surface area contributed by atoms with Crippen molar-refractivity contribution in [1.29, 1.82) is 0 Å². The topological polar surface area (TPSA) is 89.5 Å². The zero-order valence-electron chi connectivity index (χ0n) is 12.4. The molecule has 1 fully saturated rings. The monoisotopic (exact) mass is 324 g/mol. The molecule has 0 amide bonds. The van der Waals surface area contributed by atoms with E-state index in [1.54, 1.807) is 24.5 Å². The van der Waals surface area contributed by atoms with Crippen LogP contribution in [-0.2, 0) is 10.0 Å². The Balaban J connectivity index is 1.88. The zero-order chi connectivity index (χ0) is 15.7. The maximum absolute atomic E-state index is 12.8. The summed E-state index contributed by atoms with van der Waals surface area (Å²) in [7, 11) is -1.57. The van der Waals surface area contributed by atoms with Gasteiger partial charge in [-0.1, -0.05) is 0 Å². The van der Waals surface area contributed by atoms with Crippen molar-refractivity contribution in [3.63, 3.8) is 0 Å². The average Bonchev–Trinajstić information content (AvgIpc) is 2.97. The van der Waals surface area contributed by atoms with Crippen molar-refractivity contribution < 1.29 is 13.5 Å². The number of aromatic nitrogens is 2. The number of benzene rings is 1.